The van der Waals surface area contributed by atoms with E-state index in [0.29, 0.717) is 11.9 Å². The van der Waals surface area contributed by atoms with E-state index in [9.17, 15) is 5.11 Å². The van der Waals surface area contributed by atoms with Gasteiger partial charge < -0.3 is 15.2 Å². The van der Waals surface area contributed by atoms with E-state index >= 15 is 0 Å². The molecule has 1 heterocycles. The molecule has 5 heteroatoms. The Morgan fingerprint density at radius 1 is 1.29 bits per heavy atom. The molecule has 1 fully saturated rings. The van der Waals surface area contributed by atoms with Crippen LogP contribution in [0.5, 0.6) is 5.88 Å². The number of anilines is 1. The number of aromatic nitrogens is 2. The molecule has 0 aliphatic heterocycles. The van der Waals surface area contributed by atoms with Gasteiger partial charge >= 0.3 is 0 Å². The van der Waals surface area contributed by atoms with Gasteiger partial charge in [0.05, 0.1) is 18.8 Å². The van der Waals surface area contributed by atoms with Crippen molar-refractivity contribution >= 4 is 5.82 Å². The number of aliphatic hydroxyl groups is 1. The zero-order valence-corrected chi connectivity index (χ0v) is 10.3. The second-order valence-corrected chi connectivity index (χ2v) is 4.51. The summed E-state index contributed by atoms with van der Waals surface area (Å²) in [6.45, 7) is 1.94. The molecule has 1 aromatic heterocycles. The van der Waals surface area contributed by atoms with Crippen LogP contribution in [0.15, 0.2) is 6.33 Å². The lowest BCUT2D eigenvalue weighted by Gasteiger charge is -2.27. The number of nitrogens with one attached hydrogen (secondary N) is 1. The highest BCUT2D eigenvalue weighted by Gasteiger charge is 2.20. The molecular weight excluding hydrogens is 218 g/mol. The topological polar surface area (TPSA) is 67.3 Å². The number of rotatable bonds is 3. The number of methoxy groups -OCH3 is 1. The van der Waals surface area contributed by atoms with Gasteiger partial charge in [-0.25, -0.2) is 9.97 Å². The van der Waals surface area contributed by atoms with Crippen molar-refractivity contribution in [1.29, 1.82) is 0 Å². The van der Waals surface area contributed by atoms with Crippen molar-refractivity contribution in [3.05, 3.63) is 11.9 Å². The molecule has 5 nitrogen and oxygen atoms in total. The van der Waals surface area contributed by atoms with Crippen LogP contribution in [0.3, 0.4) is 0 Å². The van der Waals surface area contributed by atoms with Crippen LogP contribution < -0.4 is 10.1 Å². The molecule has 1 saturated carbocycles. The van der Waals surface area contributed by atoms with Gasteiger partial charge in [0.1, 0.15) is 12.1 Å². The minimum Gasteiger partial charge on any atom is -0.481 e. The van der Waals surface area contributed by atoms with Gasteiger partial charge in [-0.3, -0.25) is 0 Å². The highest BCUT2D eigenvalue weighted by Crippen LogP contribution is 2.25. The molecule has 0 amide bonds. The van der Waals surface area contributed by atoms with E-state index in [2.05, 4.69) is 15.3 Å². The fourth-order valence-electron chi connectivity index (χ4n) is 2.20. The van der Waals surface area contributed by atoms with Crippen LogP contribution in [-0.4, -0.2) is 34.3 Å². The maximum Gasteiger partial charge on any atom is 0.221 e. The van der Waals surface area contributed by atoms with Crippen molar-refractivity contribution < 1.29 is 9.84 Å². The summed E-state index contributed by atoms with van der Waals surface area (Å²) in [5, 5.41) is 12.9. The Morgan fingerprint density at radius 3 is 2.65 bits per heavy atom. The largest absolute Gasteiger partial charge is 0.481 e. The lowest BCUT2D eigenvalue weighted by molar-refractivity contribution is 0.126. The number of hydrogen-bond acceptors (Lipinski definition) is 5. The Labute approximate surface area is 101 Å². The molecule has 2 rings (SSSR count). The van der Waals surface area contributed by atoms with Gasteiger partial charge in [-0.1, -0.05) is 0 Å². The van der Waals surface area contributed by atoms with Crippen molar-refractivity contribution in [2.45, 2.75) is 44.8 Å². The van der Waals surface area contributed by atoms with Crippen LogP contribution >= 0.6 is 0 Å². The van der Waals surface area contributed by atoms with Crippen LogP contribution in [0.2, 0.25) is 0 Å². The average molecular weight is 237 g/mol. The Hall–Kier alpha value is -1.36. The predicted molar refractivity (Wildman–Crippen MR) is 65.2 cm³/mol. The lowest BCUT2D eigenvalue weighted by Crippen LogP contribution is -2.28. The van der Waals surface area contributed by atoms with E-state index < -0.39 is 0 Å². The molecule has 0 unspecified atom stereocenters. The maximum atomic E-state index is 9.46. The first-order chi connectivity index (χ1) is 8.20. The molecule has 17 heavy (non-hydrogen) atoms. The molecule has 0 bridgehead atoms. The minimum absolute atomic E-state index is 0.130. The zero-order chi connectivity index (χ0) is 12.3. The number of ether oxygens (including phenoxy) is 1. The summed E-state index contributed by atoms with van der Waals surface area (Å²) in [4.78, 5) is 8.28. The van der Waals surface area contributed by atoms with Gasteiger partial charge in [-0.2, -0.15) is 0 Å². The van der Waals surface area contributed by atoms with Crippen molar-refractivity contribution in [3.63, 3.8) is 0 Å². The SMILES string of the molecule is COc1ncnc(NC2CCC(O)CC2)c1C. The quantitative estimate of drug-likeness (QED) is 0.834. The maximum absolute atomic E-state index is 9.46. The average Bonchev–Trinajstić information content (AvgIpc) is 2.35. The number of aliphatic hydroxyl groups excluding tert-OH is 1. The molecule has 1 aliphatic carbocycles. The standard InChI is InChI=1S/C12H19N3O2/c1-8-11(13-7-14-12(8)17-2)15-9-3-5-10(16)6-4-9/h7,9-10,16H,3-6H2,1-2H3,(H,13,14,15). The van der Waals surface area contributed by atoms with Crippen LogP contribution in [-0.2, 0) is 0 Å². The van der Waals surface area contributed by atoms with E-state index in [1.54, 1.807) is 7.11 Å². The Morgan fingerprint density at radius 2 is 2.00 bits per heavy atom. The second-order valence-electron chi connectivity index (χ2n) is 4.51. The third-order valence-electron chi connectivity index (χ3n) is 3.27. The smallest absolute Gasteiger partial charge is 0.221 e. The fraction of sp³-hybridized carbons (Fsp3) is 0.667. The van der Waals surface area contributed by atoms with E-state index in [1.165, 1.54) is 6.33 Å². The van der Waals surface area contributed by atoms with Crippen LogP contribution in [0.1, 0.15) is 31.2 Å². The van der Waals surface area contributed by atoms with E-state index in [4.69, 9.17) is 4.74 Å². The van der Waals surface area contributed by atoms with Crippen LogP contribution in [0.25, 0.3) is 0 Å². The summed E-state index contributed by atoms with van der Waals surface area (Å²) in [5.41, 5.74) is 0.932. The number of hydrogen-bond donors (Lipinski definition) is 2. The molecule has 0 saturated heterocycles. The third kappa shape index (κ3) is 2.85. The van der Waals surface area contributed by atoms with E-state index in [1.807, 2.05) is 6.92 Å². The van der Waals surface area contributed by atoms with Crippen LogP contribution in [0, 0.1) is 6.92 Å². The van der Waals surface area contributed by atoms with Gasteiger partial charge in [0.25, 0.3) is 0 Å². The van der Waals surface area contributed by atoms with E-state index in [0.717, 1.165) is 37.1 Å². The van der Waals surface area contributed by atoms with Crippen molar-refractivity contribution in [3.8, 4) is 5.88 Å². The normalized spacial score (nSPS) is 24.4. The van der Waals surface area contributed by atoms with Gasteiger partial charge in [-0.15, -0.1) is 0 Å². The highest BCUT2D eigenvalue weighted by molar-refractivity contribution is 5.48. The lowest BCUT2D eigenvalue weighted by atomic mass is 9.93. The summed E-state index contributed by atoms with van der Waals surface area (Å²) in [6, 6.07) is 0.386. The summed E-state index contributed by atoms with van der Waals surface area (Å²) >= 11 is 0. The summed E-state index contributed by atoms with van der Waals surface area (Å²) in [6.07, 6.45) is 5.05. The second kappa shape index (κ2) is 5.31. The van der Waals surface area contributed by atoms with Crippen LogP contribution in [0.4, 0.5) is 5.82 Å². The molecule has 1 aromatic rings. The first kappa shape index (κ1) is 12.1. The first-order valence-corrected chi connectivity index (χ1v) is 6.01. The molecule has 0 spiro atoms. The van der Waals surface area contributed by atoms with Gasteiger partial charge in [0, 0.05) is 6.04 Å². The van der Waals surface area contributed by atoms with Gasteiger partial charge in [-0.05, 0) is 32.6 Å². The number of nitrogens with zero attached hydrogens (tertiary/aromatic N) is 2. The third-order valence-corrected chi connectivity index (χ3v) is 3.27. The fourth-order valence-corrected chi connectivity index (χ4v) is 2.20. The summed E-state index contributed by atoms with van der Waals surface area (Å²) in [7, 11) is 1.61. The molecule has 0 radical (unpaired) electrons. The zero-order valence-electron chi connectivity index (χ0n) is 10.3. The van der Waals surface area contributed by atoms with Gasteiger partial charge in [0.15, 0.2) is 0 Å². The predicted octanol–water partition coefficient (Wildman–Crippen LogP) is 1.51. The first-order valence-electron chi connectivity index (χ1n) is 6.01. The Balaban J connectivity index is 2.03. The Kier molecular flexibility index (Phi) is 3.78. The van der Waals surface area contributed by atoms with E-state index in [-0.39, 0.29) is 6.10 Å². The van der Waals surface area contributed by atoms with Crippen molar-refractivity contribution in [2.75, 3.05) is 12.4 Å². The van der Waals surface area contributed by atoms with Gasteiger partial charge in [0.2, 0.25) is 5.88 Å². The molecular formula is C12H19N3O2. The molecule has 2 N–H and O–H groups in total. The molecule has 94 valence electrons. The Bertz CT molecular complexity index is 376. The highest BCUT2D eigenvalue weighted by atomic mass is 16.5. The summed E-state index contributed by atoms with van der Waals surface area (Å²) in [5.74, 6) is 1.44. The minimum atomic E-state index is -0.130. The molecule has 1 aliphatic rings. The molecule has 0 atom stereocenters. The monoisotopic (exact) mass is 237 g/mol. The van der Waals surface area contributed by atoms with Crippen molar-refractivity contribution in [2.24, 2.45) is 0 Å². The summed E-state index contributed by atoms with van der Waals surface area (Å²) < 4.78 is 5.16. The molecule has 0 aromatic carbocycles. The van der Waals surface area contributed by atoms with Crippen molar-refractivity contribution in [1.82, 2.24) is 9.97 Å².